The number of ether oxygens (including phenoxy) is 1. The molecule has 0 spiro atoms. The number of aromatic amines is 1. The molecule has 1 aliphatic rings. The van der Waals surface area contributed by atoms with Gasteiger partial charge in [-0.15, -0.1) is 0 Å². The van der Waals surface area contributed by atoms with Gasteiger partial charge in [0.2, 0.25) is 0 Å². The van der Waals surface area contributed by atoms with Gasteiger partial charge in [-0.25, -0.2) is 4.39 Å². The molecule has 0 amide bonds. The number of likely N-dealkylation sites (tertiary alicyclic amines) is 1. The number of aromatic hydroxyl groups is 1. The standard InChI is InChI=1S/C22H24FN3O2/c1-28-19-7-8-21(27)17(11-19)14-26-9-3-5-16(13-26)22-20(12-24-25-22)15-4-2-6-18(23)10-15/h2,4,6-8,10-12,16,27H,3,5,9,13-14H2,1H3,(H,24,25)/t16-/m0/s1. The lowest BCUT2D eigenvalue weighted by molar-refractivity contribution is 0.196. The monoisotopic (exact) mass is 381 g/mol. The van der Waals surface area contributed by atoms with Crippen molar-refractivity contribution in [2.75, 3.05) is 20.2 Å². The molecule has 4 rings (SSSR count). The van der Waals surface area contributed by atoms with Crippen molar-refractivity contribution >= 4 is 0 Å². The van der Waals surface area contributed by atoms with Crippen LogP contribution >= 0.6 is 0 Å². The van der Waals surface area contributed by atoms with Gasteiger partial charge in [0.05, 0.1) is 13.3 Å². The summed E-state index contributed by atoms with van der Waals surface area (Å²) in [5, 5.41) is 17.6. The summed E-state index contributed by atoms with van der Waals surface area (Å²) in [7, 11) is 1.62. The molecule has 2 heterocycles. The van der Waals surface area contributed by atoms with E-state index in [1.807, 2.05) is 12.1 Å². The van der Waals surface area contributed by atoms with Crippen molar-refractivity contribution in [3.05, 3.63) is 65.7 Å². The van der Waals surface area contributed by atoms with E-state index in [4.69, 9.17) is 4.74 Å². The molecule has 1 saturated heterocycles. The van der Waals surface area contributed by atoms with Gasteiger partial charge in [-0.3, -0.25) is 10.00 Å². The van der Waals surface area contributed by atoms with Gasteiger partial charge < -0.3 is 9.84 Å². The number of halogens is 1. The lowest BCUT2D eigenvalue weighted by atomic mass is 9.90. The molecule has 1 fully saturated rings. The summed E-state index contributed by atoms with van der Waals surface area (Å²) in [5.41, 5.74) is 3.70. The number of methoxy groups -OCH3 is 1. The number of piperidine rings is 1. The van der Waals surface area contributed by atoms with Gasteiger partial charge in [-0.2, -0.15) is 5.10 Å². The van der Waals surface area contributed by atoms with E-state index in [2.05, 4.69) is 15.1 Å². The maximum absolute atomic E-state index is 13.7. The number of benzene rings is 2. The van der Waals surface area contributed by atoms with Gasteiger partial charge >= 0.3 is 0 Å². The molecule has 1 aromatic heterocycles. The van der Waals surface area contributed by atoms with Gasteiger partial charge in [0.1, 0.15) is 17.3 Å². The molecular weight excluding hydrogens is 357 g/mol. The fourth-order valence-corrected chi connectivity index (χ4v) is 3.98. The summed E-state index contributed by atoms with van der Waals surface area (Å²) < 4.78 is 18.9. The van der Waals surface area contributed by atoms with Crippen LogP contribution in [-0.4, -0.2) is 40.4 Å². The molecule has 0 radical (unpaired) electrons. The highest BCUT2D eigenvalue weighted by Crippen LogP contribution is 2.34. The van der Waals surface area contributed by atoms with E-state index in [1.165, 1.54) is 6.07 Å². The third kappa shape index (κ3) is 3.87. The Kier molecular flexibility index (Phi) is 5.30. The van der Waals surface area contributed by atoms with Crippen molar-refractivity contribution in [3.8, 4) is 22.6 Å². The van der Waals surface area contributed by atoms with Gasteiger partial charge in [0, 0.05) is 35.8 Å². The van der Waals surface area contributed by atoms with Crippen LogP contribution in [0.25, 0.3) is 11.1 Å². The normalized spacial score (nSPS) is 17.6. The molecule has 1 atom stereocenters. The number of hydrogen-bond acceptors (Lipinski definition) is 4. The Balaban J connectivity index is 1.53. The van der Waals surface area contributed by atoms with E-state index in [0.29, 0.717) is 6.54 Å². The third-order valence-electron chi connectivity index (χ3n) is 5.40. The van der Waals surface area contributed by atoms with E-state index >= 15 is 0 Å². The fraction of sp³-hybridized carbons (Fsp3) is 0.318. The second-order valence-corrected chi connectivity index (χ2v) is 7.28. The number of phenols is 1. The van der Waals surface area contributed by atoms with E-state index < -0.39 is 0 Å². The number of aromatic nitrogens is 2. The third-order valence-corrected chi connectivity index (χ3v) is 5.40. The van der Waals surface area contributed by atoms with Crippen LogP contribution in [0.15, 0.2) is 48.7 Å². The molecule has 2 aromatic carbocycles. The largest absolute Gasteiger partial charge is 0.508 e. The number of nitrogens with one attached hydrogen (secondary N) is 1. The van der Waals surface area contributed by atoms with Crippen LogP contribution in [0.4, 0.5) is 4.39 Å². The summed E-state index contributed by atoms with van der Waals surface area (Å²) in [4.78, 5) is 2.33. The predicted octanol–water partition coefficient (Wildman–Crippen LogP) is 4.31. The van der Waals surface area contributed by atoms with Crippen LogP contribution in [0.1, 0.15) is 30.0 Å². The van der Waals surface area contributed by atoms with Crippen molar-refractivity contribution < 1.29 is 14.2 Å². The van der Waals surface area contributed by atoms with Crippen LogP contribution < -0.4 is 4.74 Å². The summed E-state index contributed by atoms with van der Waals surface area (Å²) in [6.45, 7) is 2.47. The highest BCUT2D eigenvalue weighted by molar-refractivity contribution is 5.65. The highest BCUT2D eigenvalue weighted by atomic mass is 19.1. The topological polar surface area (TPSA) is 61.4 Å². The molecule has 0 aliphatic carbocycles. The minimum absolute atomic E-state index is 0.247. The molecule has 1 aliphatic heterocycles. The lowest BCUT2D eigenvalue weighted by Gasteiger charge is -2.33. The van der Waals surface area contributed by atoms with Gasteiger partial charge in [0.25, 0.3) is 0 Å². The maximum Gasteiger partial charge on any atom is 0.123 e. The Morgan fingerprint density at radius 1 is 1.29 bits per heavy atom. The lowest BCUT2D eigenvalue weighted by Crippen LogP contribution is -2.34. The van der Waals surface area contributed by atoms with Crippen LogP contribution in [0.3, 0.4) is 0 Å². The minimum atomic E-state index is -0.247. The van der Waals surface area contributed by atoms with Crippen LogP contribution in [0, 0.1) is 5.82 Å². The van der Waals surface area contributed by atoms with E-state index in [-0.39, 0.29) is 17.5 Å². The van der Waals surface area contributed by atoms with Gasteiger partial charge in [0.15, 0.2) is 0 Å². The quantitative estimate of drug-likeness (QED) is 0.691. The smallest absolute Gasteiger partial charge is 0.123 e. The first-order valence-corrected chi connectivity index (χ1v) is 9.51. The molecular formula is C22H24FN3O2. The highest BCUT2D eigenvalue weighted by Gasteiger charge is 2.26. The second kappa shape index (κ2) is 8.02. The SMILES string of the molecule is COc1ccc(O)c(CN2CCC[C@H](c3[nH]ncc3-c3cccc(F)c3)C2)c1. The van der Waals surface area contributed by atoms with Crippen molar-refractivity contribution in [2.24, 2.45) is 0 Å². The summed E-state index contributed by atoms with van der Waals surface area (Å²) in [6.07, 6.45) is 3.87. The van der Waals surface area contributed by atoms with Crippen LogP contribution in [-0.2, 0) is 6.54 Å². The van der Waals surface area contributed by atoms with Crippen molar-refractivity contribution in [1.82, 2.24) is 15.1 Å². The number of nitrogens with zero attached hydrogens (tertiary/aromatic N) is 2. The predicted molar refractivity (Wildman–Crippen MR) is 106 cm³/mol. The Bertz CT molecular complexity index is 956. The first-order chi connectivity index (χ1) is 13.6. The first-order valence-electron chi connectivity index (χ1n) is 9.51. The molecule has 0 bridgehead atoms. The first kappa shape index (κ1) is 18.5. The average Bonchev–Trinajstić information content (AvgIpc) is 3.20. The van der Waals surface area contributed by atoms with E-state index in [9.17, 15) is 9.50 Å². The summed E-state index contributed by atoms with van der Waals surface area (Å²) >= 11 is 0. The Hall–Kier alpha value is -2.86. The second-order valence-electron chi connectivity index (χ2n) is 7.28. The summed E-state index contributed by atoms with van der Waals surface area (Å²) in [5.74, 6) is 1.05. The molecule has 6 heteroatoms. The maximum atomic E-state index is 13.7. The summed E-state index contributed by atoms with van der Waals surface area (Å²) in [6, 6.07) is 11.9. The van der Waals surface area contributed by atoms with Crippen molar-refractivity contribution in [3.63, 3.8) is 0 Å². The number of hydrogen-bond donors (Lipinski definition) is 2. The van der Waals surface area contributed by atoms with Crippen molar-refractivity contribution in [2.45, 2.75) is 25.3 Å². The average molecular weight is 381 g/mol. The number of phenolic OH excluding ortho intramolecular Hbond substituents is 1. The molecule has 0 unspecified atom stereocenters. The van der Waals surface area contributed by atoms with E-state index in [1.54, 1.807) is 37.6 Å². The zero-order valence-corrected chi connectivity index (χ0v) is 15.9. The molecule has 0 saturated carbocycles. The molecule has 2 N–H and O–H groups in total. The molecule has 28 heavy (non-hydrogen) atoms. The van der Waals surface area contributed by atoms with Gasteiger partial charge in [-0.05, 0) is 55.3 Å². The Morgan fingerprint density at radius 2 is 2.18 bits per heavy atom. The zero-order valence-electron chi connectivity index (χ0n) is 15.9. The molecule has 146 valence electrons. The molecule has 3 aromatic rings. The van der Waals surface area contributed by atoms with Crippen LogP contribution in [0.5, 0.6) is 11.5 Å². The van der Waals surface area contributed by atoms with Crippen molar-refractivity contribution in [1.29, 1.82) is 0 Å². The van der Waals surface area contributed by atoms with Crippen LogP contribution in [0.2, 0.25) is 0 Å². The Morgan fingerprint density at radius 3 is 3.00 bits per heavy atom. The van der Waals surface area contributed by atoms with Gasteiger partial charge in [-0.1, -0.05) is 12.1 Å². The molecule has 5 nitrogen and oxygen atoms in total. The minimum Gasteiger partial charge on any atom is -0.508 e. The Labute approximate surface area is 163 Å². The number of H-pyrrole nitrogens is 1. The fourth-order valence-electron chi connectivity index (χ4n) is 3.98. The number of rotatable bonds is 5. The zero-order chi connectivity index (χ0) is 19.5. The van der Waals surface area contributed by atoms with E-state index in [0.717, 1.165) is 54.1 Å².